The molecule has 33 heavy (non-hydrogen) atoms. The Morgan fingerprint density at radius 2 is 1.88 bits per heavy atom. The molecule has 4 rings (SSSR count). The van der Waals surface area contributed by atoms with E-state index in [1.165, 1.54) is 0 Å². The Kier molecular flexibility index (Phi) is 7.86. The maximum atomic E-state index is 5.99. The fourth-order valence-electron chi connectivity index (χ4n) is 3.51. The van der Waals surface area contributed by atoms with Crippen molar-refractivity contribution in [3.8, 4) is 11.6 Å². The molecule has 0 fully saturated rings. The second-order valence-corrected chi connectivity index (χ2v) is 7.34. The van der Waals surface area contributed by atoms with Crippen LogP contribution >= 0.6 is 0 Å². The van der Waals surface area contributed by atoms with Crippen molar-refractivity contribution in [2.45, 2.75) is 26.8 Å². The number of nitrogens with one attached hydrogen (secondary N) is 1. The fourth-order valence-corrected chi connectivity index (χ4v) is 3.51. The summed E-state index contributed by atoms with van der Waals surface area (Å²) in [6, 6.07) is 17.3. The van der Waals surface area contributed by atoms with E-state index in [4.69, 9.17) is 10.5 Å². The molecule has 2 aromatic heterocycles. The summed E-state index contributed by atoms with van der Waals surface area (Å²) in [6.07, 6.45) is 7.61. The van der Waals surface area contributed by atoms with Crippen molar-refractivity contribution in [3.05, 3.63) is 92.3 Å². The van der Waals surface area contributed by atoms with E-state index in [2.05, 4.69) is 52.2 Å². The lowest BCUT2D eigenvalue weighted by Gasteiger charge is -2.20. The summed E-state index contributed by atoms with van der Waals surface area (Å²) in [6.45, 7) is 14.0. The van der Waals surface area contributed by atoms with Gasteiger partial charge in [0.05, 0.1) is 6.04 Å². The molecule has 4 aromatic rings. The number of fused-ring (bicyclic) bond motifs is 1. The summed E-state index contributed by atoms with van der Waals surface area (Å²) in [7, 11) is 0. The van der Waals surface area contributed by atoms with Gasteiger partial charge in [-0.25, -0.2) is 4.98 Å². The van der Waals surface area contributed by atoms with Crippen molar-refractivity contribution >= 4 is 28.2 Å². The molecule has 6 heteroatoms. The molecule has 0 spiro atoms. The number of allylic oxidation sites excluding steroid dienone is 2. The Balaban J connectivity index is 0.00000149. The molecule has 0 saturated heterocycles. The number of nitrogens with two attached hydrogens (primary N) is 1. The highest BCUT2D eigenvalue weighted by Crippen LogP contribution is 2.30. The van der Waals surface area contributed by atoms with Crippen molar-refractivity contribution in [3.63, 3.8) is 0 Å². The van der Waals surface area contributed by atoms with E-state index < -0.39 is 0 Å². The lowest BCUT2D eigenvalue weighted by atomic mass is 10.0. The highest BCUT2D eigenvalue weighted by molar-refractivity contribution is 5.82. The van der Waals surface area contributed by atoms with Crippen LogP contribution in [-0.4, -0.2) is 14.5 Å². The van der Waals surface area contributed by atoms with Crippen LogP contribution in [0, 0.1) is 5.92 Å². The van der Waals surface area contributed by atoms with Crippen molar-refractivity contribution in [2.75, 3.05) is 11.1 Å². The van der Waals surface area contributed by atoms with Gasteiger partial charge in [0.15, 0.2) is 0 Å². The molecule has 0 bridgehead atoms. The lowest BCUT2D eigenvalue weighted by molar-refractivity contribution is 0.463. The number of nitrogens with zero attached hydrogens (tertiary/aromatic N) is 3. The lowest BCUT2D eigenvalue weighted by Crippen LogP contribution is -2.12. The van der Waals surface area contributed by atoms with Gasteiger partial charge in [-0.3, -0.25) is 0 Å². The normalized spacial score (nSPS) is 12.2. The van der Waals surface area contributed by atoms with Crippen LogP contribution in [0.4, 0.5) is 17.3 Å². The monoisotopic (exact) mass is 441 g/mol. The van der Waals surface area contributed by atoms with Crippen LogP contribution < -0.4 is 15.8 Å². The van der Waals surface area contributed by atoms with Gasteiger partial charge in [-0.05, 0) is 48.4 Å². The Labute approximate surface area is 195 Å². The first-order valence-corrected chi connectivity index (χ1v) is 11.1. The minimum atomic E-state index is 0.143. The summed E-state index contributed by atoms with van der Waals surface area (Å²) < 4.78 is 8.20. The standard InChI is InChI=1S/C25H25N5O.C2H6/c1-4-17(3)22(5-2)30-14-12-18-15-21(9-10-23(18)30)31-24-11-13-27-25(29-24)28-20-8-6-7-19(26)16-20;1-2/h4-17,22H,1-2,26H2,3H3,(H,27,28,29);1-2H3. The molecule has 0 aliphatic heterocycles. The van der Waals surface area contributed by atoms with E-state index in [1.54, 1.807) is 12.3 Å². The predicted molar refractivity (Wildman–Crippen MR) is 138 cm³/mol. The molecule has 6 nitrogen and oxygen atoms in total. The third-order valence-electron chi connectivity index (χ3n) is 5.16. The molecule has 2 heterocycles. The van der Waals surface area contributed by atoms with Crippen LogP contribution in [0.15, 0.2) is 92.3 Å². The van der Waals surface area contributed by atoms with E-state index in [0.717, 1.165) is 16.6 Å². The highest BCUT2D eigenvalue weighted by atomic mass is 16.5. The first kappa shape index (κ1) is 23.6. The topological polar surface area (TPSA) is 78.0 Å². The molecule has 0 amide bonds. The smallest absolute Gasteiger partial charge is 0.230 e. The number of nitrogen functional groups attached to an aromatic ring is 1. The number of rotatable bonds is 8. The van der Waals surface area contributed by atoms with Crippen LogP contribution in [0.2, 0.25) is 0 Å². The zero-order valence-electron chi connectivity index (χ0n) is 19.4. The van der Waals surface area contributed by atoms with Crippen molar-refractivity contribution in [1.82, 2.24) is 14.5 Å². The fraction of sp³-hybridized carbons (Fsp3) is 0.185. The summed E-state index contributed by atoms with van der Waals surface area (Å²) in [4.78, 5) is 8.69. The van der Waals surface area contributed by atoms with Gasteiger partial charge in [-0.1, -0.05) is 39.0 Å². The predicted octanol–water partition coefficient (Wildman–Crippen LogP) is 7.12. The van der Waals surface area contributed by atoms with E-state index in [-0.39, 0.29) is 12.0 Å². The van der Waals surface area contributed by atoms with E-state index in [0.29, 0.717) is 23.3 Å². The first-order chi connectivity index (χ1) is 16.1. The summed E-state index contributed by atoms with van der Waals surface area (Å²) in [5, 5.41) is 4.21. The third kappa shape index (κ3) is 5.60. The maximum absolute atomic E-state index is 5.99. The van der Waals surface area contributed by atoms with Crippen molar-refractivity contribution in [1.29, 1.82) is 0 Å². The van der Waals surface area contributed by atoms with Gasteiger partial charge in [-0.2, -0.15) is 4.98 Å². The molecule has 0 saturated carbocycles. The van der Waals surface area contributed by atoms with Gasteiger partial charge in [0, 0.05) is 40.7 Å². The SMILES string of the molecule is C=CC(C)C(C=C)n1ccc2cc(Oc3ccnc(Nc4cccc(N)c4)n3)ccc21.CC. The van der Waals surface area contributed by atoms with Crippen LogP contribution in [0.5, 0.6) is 11.6 Å². The van der Waals surface area contributed by atoms with Gasteiger partial charge in [0.1, 0.15) is 5.75 Å². The molecular formula is C27H31N5O. The summed E-state index contributed by atoms with van der Waals surface area (Å²) in [5.41, 5.74) is 8.41. The second-order valence-electron chi connectivity index (χ2n) is 7.34. The molecule has 0 aliphatic carbocycles. The number of hydrogen-bond donors (Lipinski definition) is 2. The van der Waals surface area contributed by atoms with Crippen LogP contribution in [0.1, 0.15) is 26.8 Å². The van der Waals surface area contributed by atoms with Gasteiger partial charge in [-0.15, -0.1) is 13.2 Å². The Morgan fingerprint density at radius 1 is 1.06 bits per heavy atom. The molecule has 2 unspecified atom stereocenters. The number of ether oxygens (including phenoxy) is 1. The van der Waals surface area contributed by atoms with Gasteiger partial charge < -0.3 is 20.4 Å². The zero-order valence-corrected chi connectivity index (χ0v) is 19.4. The minimum Gasteiger partial charge on any atom is -0.439 e. The van der Waals surface area contributed by atoms with E-state index >= 15 is 0 Å². The quantitative estimate of drug-likeness (QED) is 0.225. The number of hydrogen-bond acceptors (Lipinski definition) is 5. The van der Waals surface area contributed by atoms with Gasteiger partial charge >= 0.3 is 0 Å². The summed E-state index contributed by atoms with van der Waals surface area (Å²) in [5.74, 6) is 1.86. The Bertz CT molecular complexity index is 1230. The van der Waals surface area contributed by atoms with Gasteiger partial charge in [0.2, 0.25) is 11.8 Å². The molecule has 3 N–H and O–H groups in total. The van der Waals surface area contributed by atoms with Gasteiger partial charge in [0.25, 0.3) is 0 Å². The number of aromatic nitrogens is 3. The molecule has 2 atom stereocenters. The molecule has 0 aliphatic rings. The maximum Gasteiger partial charge on any atom is 0.230 e. The van der Waals surface area contributed by atoms with E-state index in [1.807, 2.05) is 68.5 Å². The highest BCUT2D eigenvalue weighted by Gasteiger charge is 2.15. The van der Waals surface area contributed by atoms with Crippen molar-refractivity contribution < 1.29 is 4.74 Å². The molecule has 2 aromatic carbocycles. The summed E-state index contributed by atoms with van der Waals surface area (Å²) >= 11 is 0. The second kappa shape index (κ2) is 11.0. The zero-order chi connectivity index (χ0) is 23.8. The average molecular weight is 442 g/mol. The minimum absolute atomic E-state index is 0.143. The van der Waals surface area contributed by atoms with Crippen LogP contribution in [-0.2, 0) is 0 Å². The number of anilines is 3. The molecule has 170 valence electrons. The molecule has 0 radical (unpaired) electrons. The number of benzene rings is 2. The van der Waals surface area contributed by atoms with E-state index in [9.17, 15) is 0 Å². The Hall–Kier alpha value is -4.06. The van der Waals surface area contributed by atoms with Crippen molar-refractivity contribution in [2.24, 2.45) is 5.92 Å². The first-order valence-electron chi connectivity index (χ1n) is 11.1. The Morgan fingerprint density at radius 3 is 2.61 bits per heavy atom. The third-order valence-corrected chi connectivity index (χ3v) is 5.16. The average Bonchev–Trinajstić information content (AvgIpc) is 3.24. The molecular weight excluding hydrogens is 410 g/mol. The van der Waals surface area contributed by atoms with Crippen LogP contribution in [0.25, 0.3) is 10.9 Å². The largest absolute Gasteiger partial charge is 0.439 e. The van der Waals surface area contributed by atoms with Crippen LogP contribution in [0.3, 0.4) is 0 Å².